The van der Waals surface area contributed by atoms with Gasteiger partial charge >= 0.3 is 0 Å². The monoisotopic (exact) mass is 624 g/mol. The van der Waals surface area contributed by atoms with E-state index in [-0.39, 0.29) is 0 Å². The van der Waals surface area contributed by atoms with Gasteiger partial charge in [-0.3, -0.25) is 0 Å². The van der Waals surface area contributed by atoms with Crippen molar-refractivity contribution in [3.63, 3.8) is 0 Å². The van der Waals surface area contributed by atoms with Gasteiger partial charge in [0.1, 0.15) is 11.2 Å². The van der Waals surface area contributed by atoms with Gasteiger partial charge in [-0.2, -0.15) is 0 Å². The van der Waals surface area contributed by atoms with Gasteiger partial charge in [0.15, 0.2) is 0 Å². The van der Waals surface area contributed by atoms with Gasteiger partial charge in [0, 0.05) is 10.8 Å². The molecule has 0 saturated heterocycles. The van der Waals surface area contributed by atoms with Crippen molar-refractivity contribution in [3.05, 3.63) is 169 Å². The highest BCUT2D eigenvalue weighted by atomic mass is 16.3. The summed E-state index contributed by atoms with van der Waals surface area (Å²) in [6, 6.07) is -25.6. The van der Waals surface area contributed by atoms with Gasteiger partial charge in [-0.25, -0.2) is 0 Å². The van der Waals surface area contributed by atoms with Crippen LogP contribution < -0.4 is 0 Å². The van der Waals surface area contributed by atoms with Crippen molar-refractivity contribution in [2.75, 3.05) is 0 Å². The predicted molar refractivity (Wildman–Crippen MR) is 200 cm³/mol. The maximum atomic E-state index is 9.73. The van der Waals surface area contributed by atoms with Crippen molar-refractivity contribution in [1.29, 1.82) is 0 Å². The number of hydrogen-bond donors (Lipinski definition) is 0. The number of benzene rings is 9. The fourth-order valence-corrected chi connectivity index (χ4v) is 5.73. The summed E-state index contributed by atoms with van der Waals surface area (Å²) in [6.07, 6.45) is 0. The Morgan fingerprint density at radius 1 is 0.340 bits per heavy atom. The molecule has 218 valence electrons. The first-order chi connectivity index (χ1) is 35.0. The van der Waals surface area contributed by atoms with E-state index < -0.39 is 268 Å². The first-order valence-corrected chi connectivity index (χ1v) is 13.9. The van der Waals surface area contributed by atoms with Crippen LogP contribution in [-0.4, -0.2) is 0 Å². The molecule has 47 heavy (non-hydrogen) atoms. The van der Waals surface area contributed by atoms with Crippen LogP contribution in [0.1, 0.15) is 38.4 Å². The fraction of sp³-hybridized carbons (Fsp3) is 0. The third-order valence-corrected chi connectivity index (χ3v) is 7.70. The maximum absolute atomic E-state index is 9.73. The SMILES string of the molecule is [2H]c1c([2H])c([2H])c(-c2c([2H])c([2H])c3c([2H])c(-c4c5c([2H])c([2H])c([2H])c([2H])c5c(-c5c([2H])c([2H])c([2H])c6oc7c([2H])c8c([2H])c([2H])c([2H])c([2H])c8c([2H])c7c56)c5c([2H])c([2H])c([2H])c([2H])c45)c([2H])c([2H])c3c2[2H])c([2H])c1[2H]. The van der Waals surface area contributed by atoms with Gasteiger partial charge in [0.2, 0.25) is 0 Å². The van der Waals surface area contributed by atoms with E-state index >= 15 is 0 Å². The third kappa shape index (κ3) is 4.03. The van der Waals surface area contributed by atoms with Crippen molar-refractivity contribution >= 4 is 65.0 Å². The Morgan fingerprint density at radius 2 is 0.894 bits per heavy atom. The van der Waals surface area contributed by atoms with E-state index in [2.05, 4.69) is 0 Å². The van der Waals surface area contributed by atoms with E-state index in [0.717, 1.165) is 0 Å². The Kier molecular flexibility index (Phi) is 2.31. The minimum absolute atomic E-state index is 0.482. The second-order valence-corrected chi connectivity index (χ2v) is 10.3. The van der Waals surface area contributed by atoms with Crippen molar-refractivity contribution in [3.8, 4) is 33.4 Å². The zero-order chi connectivity index (χ0) is 55.3. The Balaban J connectivity index is 1.50. The van der Waals surface area contributed by atoms with Crippen LogP contribution in [-0.2, 0) is 0 Å². The summed E-state index contributed by atoms with van der Waals surface area (Å²) < 4.78 is 258. The molecule has 1 aromatic heterocycles. The van der Waals surface area contributed by atoms with E-state index in [4.69, 9.17) is 26.3 Å². The molecule has 0 unspecified atom stereocenters. The molecule has 0 radical (unpaired) electrons. The average Bonchev–Trinajstić information content (AvgIpc) is 3.78. The molecule has 0 aliphatic rings. The van der Waals surface area contributed by atoms with Gasteiger partial charge in [0.05, 0.1) is 38.4 Å². The molecule has 0 amide bonds. The second-order valence-electron chi connectivity index (χ2n) is 10.3. The predicted octanol–water partition coefficient (Wildman–Crippen LogP) is 13.2. The minimum atomic E-state index is -1.06. The molecule has 1 heterocycles. The van der Waals surface area contributed by atoms with Gasteiger partial charge in [-0.1, -0.05) is 139 Å². The summed E-state index contributed by atoms with van der Waals surface area (Å²) >= 11 is 0. The Morgan fingerprint density at radius 3 is 1.60 bits per heavy atom. The molecular formula is C46H28O. The summed E-state index contributed by atoms with van der Waals surface area (Å²) in [5.74, 6) is 0. The highest BCUT2D eigenvalue weighted by Crippen LogP contribution is 2.47. The van der Waals surface area contributed by atoms with Crippen LogP contribution in [0, 0.1) is 0 Å². The highest BCUT2D eigenvalue weighted by Gasteiger charge is 2.20. The third-order valence-electron chi connectivity index (χ3n) is 7.70. The zero-order valence-electron chi connectivity index (χ0n) is 51.4. The molecule has 1 heteroatoms. The lowest BCUT2D eigenvalue weighted by atomic mass is 9.84. The number of furan rings is 1. The molecule has 0 fully saturated rings. The first kappa shape index (κ1) is 10.7. The maximum Gasteiger partial charge on any atom is 0.136 e. The summed E-state index contributed by atoms with van der Waals surface area (Å²) in [7, 11) is 0. The lowest BCUT2D eigenvalue weighted by molar-refractivity contribution is 0.669. The smallest absolute Gasteiger partial charge is 0.136 e. The molecule has 0 saturated carbocycles. The molecular weight excluding hydrogens is 569 g/mol. The van der Waals surface area contributed by atoms with E-state index in [1.807, 2.05) is 0 Å². The van der Waals surface area contributed by atoms with Gasteiger partial charge in [-0.15, -0.1) is 0 Å². The quantitative estimate of drug-likeness (QED) is 0.178. The molecule has 0 atom stereocenters. The average molecular weight is 625 g/mol. The van der Waals surface area contributed by atoms with E-state index in [0.29, 0.717) is 0 Å². The van der Waals surface area contributed by atoms with Crippen LogP contribution in [0.5, 0.6) is 0 Å². The molecule has 0 spiro atoms. The normalized spacial score (nSPS) is 20.2. The molecule has 10 rings (SSSR count). The summed E-state index contributed by atoms with van der Waals surface area (Å²) in [4.78, 5) is 0. The molecule has 0 N–H and O–H groups in total. The van der Waals surface area contributed by atoms with Crippen molar-refractivity contribution < 1.29 is 42.8 Å². The van der Waals surface area contributed by atoms with E-state index in [1.165, 1.54) is 0 Å². The van der Waals surface area contributed by atoms with Gasteiger partial charge in [0.25, 0.3) is 0 Å². The van der Waals surface area contributed by atoms with Gasteiger partial charge < -0.3 is 4.42 Å². The Bertz CT molecular complexity index is 4330. The summed E-state index contributed by atoms with van der Waals surface area (Å²) in [5.41, 5.74) is -5.65. The molecule has 0 aliphatic carbocycles. The molecule has 10 aromatic rings. The molecule has 0 aliphatic heterocycles. The van der Waals surface area contributed by atoms with Crippen LogP contribution in [0.3, 0.4) is 0 Å². The van der Waals surface area contributed by atoms with Crippen LogP contribution >= 0.6 is 0 Å². The lowest BCUT2D eigenvalue weighted by Gasteiger charge is -2.18. The number of rotatable bonds is 3. The zero-order valence-corrected chi connectivity index (χ0v) is 23.4. The topological polar surface area (TPSA) is 13.1 Å². The number of hydrogen-bond acceptors (Lipinski definition) is 1. The van der Waals surface area contributed by atoms with Crippen LogP contribution in [0.4, 0.5) is 0 Å². The summed E-state index contributed by atoms with van der Waals surface area (Å²) in [6.45, 7) is 0. The highest BCUT2D eigenvalue weighted by molar-refractivity contribution is 6.26. The Hall–Kier alpha value is -6.18. The van der Waals surface area contributed by atoms with Crippen LogP contribution in [0.15, 0.2) is 174 Å². The number of fused-ring (bicyclic) bond motifs is 7. The van der Waals surface area contributed by atoms with Crippen LogP contribution in [0.2, 0.25) is 0 Å². The van der Waals surface area contributed by atoms with Gasteiger partial charge in [-0.05, 0) is 107 Å². The molecule has 1 nitrogen and oxygen atoms in total. The van der Waals surface area contributed by atoms with Crippen molar-refractivity contribution in [2.24, 2.45) is 0 Å². The van der Waals surface area contributed by atoms with E-state index in [9.17, 15) is 16.4 Å². The van der Waals surface area contributed by atoms with E-state index in [1.54, 1.807) is 0 Å². The largest absolute Gasteiger partial charge is 0.456 e. The summed E-state index contributed by atoms with van der Waals surface area (Å²) in [5, 5.41) is -6.45. The second kappa shape index (κ2) is 10.2. The standard InChI is InChI=1S/C46H28O/c1-2-11-29(12-3-1)32-21-22-34-26-35(24-23-33(34)25-32)44-36-15-6-8-17-38(36)45(39-18-9-7-16-37(39)44)40-19-10-20-42-46(40)41-27-30-13-4-5-14-31(30)28-43(41)47-42/h1-28H/i1D,2D,3D,4D,5D,6D,7D,8D,9D,10D,11D,12D,13D,14D,15D,16D,17D,18D,19D,20D,21D,22D,23D,24D,25D,26D,27D,28D. The minimum Gasteiger partial charge on any atom is -0.456 e. The Labute approximate surface area is 311 Å². The van der Waals surface area contributed by atoms with Crippen molar-refractivity contribution in [1.82, 2.24) is 0 Å². The molecule has 9 aromatic carbocycles. The lowest BCUT2D eigenvalue weighted by Crippen LogP contribution is -1.91. The fourth-order valence-electron chi connectivity index (χ4n) is 5.73. The van der Waals surface area contributed by atoms with Crippen LogP contribution in [0.25, 0.3) is 98.4 Å². The first-order valence-electron chi connectivity index (χ1n) is 27.9. The molecule has 0 bridgehead atoms. The van der Waals surface area contributed by atoms with Crippen molar-refractivity contribution in [2.45, 2.75) is 0 Å².